The van der Waals surface area contributed by atoms with E-state index in [2.05, 4.69) is 9.57 Å². The third-order valence-electron chi connectivity index (χ3n) is 0.499. The van der Waals surface area contributed by atoms with E-state index in [0.29, 0.717) is 0 Å². The monoisotopic (exact) mass is 117 g/mol. The summed E-state index contributed by atoms with van der Waals surface area (Å²) in [6.45, 7) is 2.12. The Hall–Kier alpha value is -0.770. The van der Waals surface area contributed by atoms with Gasteiger partial charge in [-0.1, -0.05) is 6.92 Å². The van der Waals surface area contributed by atoms with Gasteiger partial charge in [0.25, 0.3) is 0 Å². The minimum atomic E-state index is -1.05. The average Bonchev–Trinajstić information content (AvgIpc) is 1.83. The molecule has 0 aromatic rings. The molecule has 0 aliphatic heterocycles. The fraction of sp³-hybridized carbons (Fsp3) is 0.750. The second-order valence-electron chi connectivity index (χ2n) is 1.19. The van der Waals surface area contributed by atoms with Crippen LogP contribution in [0.15, 0.2) is 0 Å². The maximum absolute atomic E-state index is 9.88. The molecule has 0 bridgehead atoms. The fourth-order valence-electron chi connectivity index (χ4n) is 0.212. The number of carbonyl (C=O) groups is 1. The topological polar surface area (TPSA) is 57.8 Å². The van der Waals surface area contributed by atoms with Gasteiger partial charge < -0.3 is 4.74 Å². The number of nitrogens with zero attached hydrogens (tertiary/aromatic N) is 1. The first-order valence-corrected chi connectivity index (χ1v) is 2.29. The first kappa shape index (κ1) is 7.23. The largest absolute Gasteiger partial charge is 0.530 e. The molecule has 0 spiro atoms. The number of carbonyl (C=O) groups excluding carboxylic acids is 1. The summed E-state index contributed by atoms with van der Waals surface area (Å²) in [4.78, 5) is 13.1. The molecule has 0 fully saturated rings. The molecule has 4 nitrogen and oxygen atoms in total. The Morgan fingerprint density at radius 1 is 1.75 bits per heavy atom. The van der Waals surface area contributed by atoms with Crippen LogP contribution < -0.4 is 5.90 Å². The summed E-state index contributed by atoms with van der Waals surface area (Å²) >= 11 is 0. The summed E-state index contributed by atoms with van der Waals surface area (Å²) in [5.74, 6) is 7.59. The molecule has 0 unspecified atom stereocenters. The molecule has 0 aliphatic carbocycles. The molecule has 0 heterocycles. The molecule has 0 saturated carbocycles. The van der Waals surface area contributed by atoms with E-state index in [1.54, 1.807) is 0 Å². The highest BCUT2D eigenvalue weighted by molar-refractivity contribution is 5.59. The third-order valence-corrected chi connectivity index (χ3v) is 0.499. The highest BCUT2D eigenvalue weighted by Gasteiger charge is 1.98. The first-order chi connectivity index (χ1) is 3.81. The predicted octanol–water partition coefficient (Wildman–Crippen LogP) is 0.533. The molecular weight excluding hydrogens is 110 g/mol. The number of hydrogen-bond donors (Lipinski definition) is 0. The minimum Gasteiger partial charge on any atom is -0.433 e. The highest BCUT2D eigenvalue weighted by atomic mass is 16.8. The van der Waals surface area contributed by atoms with Crippen LogP contribution >= 0.6 is 0 Å². The van der Waals surface area contributed by atoms with Gasteiger partial charge in [0.15, 0.2) is 0 Å². The lowest BCUT2D eigenvalue weighted by atomic mass is 10.5. The van der Waals surface area contributed by atoms with Crippen molar-refractivity contribution in [1.29, 1.82) is 0 Å². The molecule has 0 N–H and O–H groups in total. The molecule has 8 heavy (non-hydrogen) atoms. The molecule has 0 amide bonds. The quantitative estimate of drug-likeness (QED) is 0.391. The zero-order chi connectivity index (χ0) is 6.41. The summed E-state index contributed by atoms with van der Waals surface area (Å²) in [5, 5.41) is 0. The summed E-state index contributed by atoms with van der Waals surface area (Å²) in [5.41, 5.74) is 0. The smallest absolute Gasteiger partial charge is 0.433 e. The van der Waals surface area contributed by atoms with Gasteiger partial charge in [0, 0.05) is 0 Å². The number of rotatable bonds is 2. The lowest BCUT2D eigenvalue weighted by Gasteiger charge is -1.94. The van der Waals surface area contributed by atoms with E-state index in [4.69, 9.17) is 5.90 Å². The maximum Gasteiger partial charge on any atom is 0.530 e. The van der Waals surface area contributed by atoms with E-state index in [1.165, 1.54) is 0 Å². The SMILES string of the molecule is CCCOC(=O)O[N]. The Kier molecular flexibility index (Phi) is 3.97. The molecule has 0 aliphatic rings. The normalized spacial score (nSPS) is 8.25. The molecule has 0 aromatic carbocycles. The third kappa shape index (κ3) is 3.42. The van der Waals surface area contributed by atoms with Gasteiger partial charge in [-0.05, 0) is 6.42 Å². The molecular formula is C4H7NO3. The molecule has 0 saturated heterocycles. The van der Waals surface area contributed by atoms with Crippen molar-refractivity contribution in [2.75, 3.05) is 6.61 Å². The van der Waals surface area contributed by atoms with Crippen LogP contribution in [0.25, 0.3) is 0 Å². The van der Waals surface area contributed by atoms with Gasteiger partial charge in [-0.25, -0.2) is 4.79 Å². The first-order valence-electron chi connectivity index (χ1n) is 2.29. The van der Waals surface area contributed by atoms with Crippen molar-refractivity contribution < 1.29 is 14.4 Å². The minimum absolute atomic E-state index is 0.277. The van der Waals surface area contributed by atoms with E-state index in [-0.39, 0.29) is 6.61 Å². The van der Waals surface area contributed by atoms with E-state index >= 15 is 0 Å². The van der Waals surface area contributed by atoms with Gasteiger partial charge in [-0.15, -0.1) is 0 Å². The van der Waals surface area contributed by atoms with Gasteiger partial charge >= 0.3 is 6.16 Å². The van der Waals surface area contributed by atoms with Crippen LogP contribution in [0.1, 0.15) is 13.3 Å². The zero-order valence-corrected chi connectivity index (χ0v) is 4.59. The van der Waals surface area contributed by atoms with Crippen LogP contribution in [0.5, 0.6) is 0 Å². The predicted molar refractivity (Wildman–Crippen MR) is 24.9 cm³/mol. The average molecular weight is 117 g/mol. The zero-order valence-electron chi connectivity index (χ0n) is 4.59. The maximum atomic E-state index is 9.88. The van der Waals surface area contributed by atoms with E-state index in [9.17, 15) is 4.79 Å². The molecule has 0 atom stereocenters. The van der Waals surface area contributed by atoms with Crippen molar-refractivity contribution in [3.05, 3.63) is 0 Å². The van der Waals surface area contributed by atoms with Crippen LogP contribution in [-0.2, 0) is 9.57 Å². The van der Waals surface area contributed by atoms with Gasteiger partial charge in [-0.2, -0.15) is 0 Å². The van der Waals surface area contributed by atoms with Crippen molar-refractivity contribution in [3.8, 4) is 0 Å². The lowest BCUT2D eigenvalue weighted by Crippen LogP contribution is -2.05. The Labute approximate surface area is 47.5 Å². The van der Waals surface area contributed by atoms with E-state index in [0.717, 1.165) is 6.42 Å². The van der Waals surface area contributed by atoms with Crippen molar-refractivity contribution in [1.82, 2.24) is 5.90 Å². The fourth-order valence-corrected chi connectivity index (χ4v) is 0.212. The van der Waals surface area contributed by atoms with Crippen molar-refractivity contribution in [3.63, 3.8) is 0 Å². The van der Waals surface area contributed by atoms with Gasteiger partial charge in [0.2, 0.25) is 0 Å². The number of hydrogen-bond acceptors (Lipinski definition) is 3. The van der Waals surface area contributed by atoms with Crippen LogP contribution in [0.4, 0.5) is 4.79 Å². The Balaban J connectivity index is 2.99. The molecule has 4 heteroatoms. The van der Waals surface area contributed by atoms with Crippen LogP contribution in [0, 0.1) is 0 Å². The second kappa shape index (κ2) is 4.39. The van der Waals surface area contributed by atoms with E-state index < -0.39 is 6.16 Å². The second-order valence-corrected chi connectivity index (χ2v) is 1.19. The molecule has 0 rings (SSSR count). The van der Waals surface area contributed by atoms with Crippen LogP contribution in [0.3, 0.4) is 0 Å². The highest BCUT2D eigenvalue weighted by Crippen LogP contribution is 1.82. The summed E-state index contributed by atoms with van der Waals surface area (Å²) < 4.78 is 4.23. The Bertz CT molecular complexity index is 73.7. The number of ether oxygens (including phenoxy) is 1. The standard InChI is InChI=1S/C4H7NO3/c1-2-3-7-4(6)8-5/h2-3H2,1H3. The van der Waals surface area contributed by atoms with Crippen LogP contribution in [-0.4, -0.2) is 12.8 Å². The van der Waals surface area contributed by atoms with Crippen molar-refractivity contribution >= 4 is 6.16 Å². The molecule has 46 valence electrons. The molecule has 0 aromatic heterocycles. The van der Waals surface area contributed by atoms with Gasteiger partial charge in [0.05, 0.1) is 6.61 Å². The Morgan fingerprint density at radius 3 is 2.75 bits per heavy atom. The lowest BCUT2D eigenvalue weighted by molar-refractivity contribution is 0.0486. The van der Waals surface area contributed by atoms with Gasteiger partial charge in [-0.3, -0.25) is 4.84 Å². The van der Waals surface area contributed by atoms with Crippen molar-refractivity contribution in [2.45, 2.75) is 13.3 Å². The Morgan fingerprint density at radius 2 is 2.38 bits per heavy atom. The van der Waals surface area contributed by atoms with Crippen LogP contribution in [0.2, 0.25) is 0 Å². The summed E-state index contributed by atoms with van der Waals surface area (Å²) in [7, 11) is 0. The molecule has 2 radical (unpaired) electrons. The summed E-state index contributed by atoms with van der Waals surface area (Å²) in [6, 6.07) is 0. The van der Waals surface area contributed by atoms with Gasteiger partial charge in [0.1, 0.15) is 5.90 Å². The summed E-state index contributed by atoms with van der Waals surface area (Å²) in [6.07, 6.45) is -0.332. The van der Waals surface area contributed by atoms with E-state index in [1.807, 2.05) is 6.92 Å². The van der Waals surface area contributed by atoms with Crippen molar-refractivity contribution in [2.24, 2.45) is 0 Å².